The van der Waals surface area contributed by atoms with Crippen LogP contribution >= 0.6 is 0 Å². The van der Waals surface area contributed by atoms with E-state index in [9.17, 15) is 0 Å². The van der Waals surface area contributed by atoms with E-state index in [-0.39, 0.29) is 0 Å². The van der Waals surface area contributed by atoms with Gasteiger partial charge >= 0.3 is 0 Å². The van der Waals surface area contributed by atoms with Crippen molar-refractivity contribution in [3.05, 3.63) is 64.7 Å². The Hall–Kier alpha value is -2.33. The van der Waals surface area contributed by atoms with Crippen LogP contribution in [0.15, 0.2) is 45.3 Å². The molecule has 3 aromatic rings. The Kier molecular flexibility index (Phi) is 4.63. The maximum Gasteiger partial charge on any atom is 0.137 e. The highest BCUT2D eigenvalue weighted by molar-refractivity contribution is 5.57. The van der Waals surface area contributed by atoms with Crippen molar-refractivity contribution in [1.29, 1.82) is 0 Å². The van der Waals surface area contributed by atoms with Crippen molar-refractivity contribution in [2.75, 3.05) is 6.54 Å². The lowest BCUT2D eigenvalue weighted by molar-refractivity contribution is 0.392. The molecule has 0 bridgehead atoms. The molecule has 3 rings (SSSR count). The zero-order valence-electron chi connectivity index (χ0n) is 13.8. The second-order valence-electron chi connectivity index (χ2n) is 5.86. The number of aryl methyl sites for hydroxylation is 3. The summed E-state index contributed by atoms with van der Waals surface area (Å²) in [7, 11) is 0. The normalized spacial score (nSPS) is 11.1. The number of hydrogen-bond donors (Lipinski definition) is 1. The average Bonchev–Trinajstić information content (AvgIpc) is 3.13. The van der Waals surface area contributed by atoms with Gasteiger partial charge in [0.15, 0.2) is 0 Å². The predicted octanol–water partition coefficient (Wildman–Crippen LogP) is 4.19. The molecule has 0 amide bonds. The number of rotatable bonds is 6. The molecular formula is C19H22N2O2. The van der Waals surface area contributed by atoms with Crippen LogP contribution in [0.1, 0.15) is 28.3 Å². The van der Waals surface area contributed by atoms with Crippen LogP contribution in [-0.2, 0) is 13.0 Å². The Bertz CT molecular complexity index is 750. The molecule has 2 heterocycles. The van der Waals surface area contributed by atoms with Gasteiger partial charge in [0, 0.05) is 11.1 Å². The molecule has 2 aromatic heterocycles. The van der Waals surface area contributed by atoms with E-state index < -0.39 is 0 Å². The maximum atomic E-state index is 5.90. The van der Waals surface area contributed by atoms with Crippen molar-refractivity contribution in [1.82, 2.24) is 10.5 Å². The van der Waals surface area contributed by atoms with Crippen molar-refractivity contribution >= 4 is 0 Å². The molecule has 0 aliphatic carbocycles. The molecule has 0 saturated heterocycles. The minimum Gasteiger partial charge on any atom is -0.460 e. The molecule has 1 aromatic carbocycles. The van der Waals surface area contributed by atoms with Gasteiger partial charge in [-0.3, -0.25) is 0 Å². The largest absolute Gasteiger partial charge is 0.460 e. The van der Waals surface area contributed by atoms with E-state index in [1.54, 1.807) is 0 Å². The van der Waals surface area contributed by atoms with Gasteiger partial charge in [0.25, 0.3) is 0 Å². The summed E-state index contributed by atoms with van der Waals surface area (Å²) >= 11 is 0. The topological polar surface area (TPSA) is 51.2 Å². The number of hydrogen-bond acceptors (Lipinski definition) is 4. The summed E-state index contributed by atoms with van der Waals surface area (Å²) in [5.41, 5.74) is 4.53. The molecule has 0 fully saturated rings. The van der Waals surface area contributed by atoms with E-state index in [0.29, 0.717) is 0 Å². The Labute approximate surface area is 136 Å². The van der Waals surface area contributed by atoms with Crippen LogP contribution in [-0.4, -0.2) is 11.7 Å². The summed E-state index contributed by atoms with van der Waals surface area (Å²) in [4.78, 5) is 0. The minimum absolute atomic E-state index is 0.717. The first-order valence-corrected chi connectivity index (χ1v) is 7.91. The van der Waals surface area contributed by atoms with Gasteiger partial charge in [0.05, 0.1) is 12.2 Å². The highest BCUT2D eigenvalue weighted by Crippen LogP contribution is 2.22. The molecule has 0 unspecified atom stereocenters. The van der Waals surface area contributed by atoms with Gasteiger partial charge in [-0.1, -0.05) is 35.0 Å². The number of nitrogens with zero attached hydrogens (tertiary/aromatic N) is 1. The van der Waals surface area contributed by atoms with E-state index in [2.05, 4.69) is 41.7 Å². The fourth-order valence-electron chi connectivity index (χ4n) is 2.63. The van der Waals surface area contributed by atoms with E-state index in [1.807, 2.05) is 26.0 Å². The van der Waals surface area contributed by atoms with Crippen molar-refractivity contribution in [3.63, 3.8) is 0 Å². The molecule has 0 atom stereocenters. The molecule has 0 aliphatic heterocycles. The zero-order chi connectivity index (χ0) is 16.2. The van der Waals surface area contributed by atoms with Gasteiger partial charge in [-0.25, -0.2) is 0 Å². The van der Waals surface area contributed by atoms with Gasteiger partial charge in [0.2, 0.25) is 0 Å². The van der Waals surface area contributed by atoms with Crippen LogP contribution in [0.5, 0.6) is 0 Å². The van der Waals surface area contributed by atoms with Crippen LogP contribution in [0.3, 0.4) is 0 Å². The summed E-state index contributed by atoms with van der Waals surface area (Å²) < 4.78 is 11.1. The molecule has 4 heteroatoms. The maximum absolute atomic E-state index is 5.90. The van der Waals surface area contributed by atoms with E-state index in [0.717, 1.165) is 48.0 Å². The Morgan fingerprint density at radius 3 is 2.48 bits per heavy atom. The third-order valence-electron chi connectivity index (χ3n) is 4.03. The average molecular weight is 310 g/mol. The highest BCUT2D eigenvalue weighted by atomic mass is 16.5. The summed E-state index contributed by atoms with van der Waals surface area (Å²) in [5, 5.41) is 7.38. The lowest BCUT2D eigenvalue weighted by Crippen LogP contribution is -2.16. The Morgan fingerprint density at radius 1 is 1.00 bits per heavy atom. The quantitative estimate of drug-likeness (QED) is 0.694. The standard InChI is InChI=1S/C19H22N2O2/c1-13-4-6-16(7-5-13)19-9-8-17(22-19)12-20-11-10-18-14(2)21-23-15(18)3/h4-9,20H,10-12H2,1-3H3. The molecule has 0 radical (unpaired) electrons. The van der Waals surface area contributed by atoms with Crippen LogP contribution in [0.25, 0.3) is 11.3 Å². The third kappa shape index (κ3) is 3.71. The summed E-state index contributed by atoms with van der Waals surface area (Å²) in [5.74, 6) is 2.76. The number of aromatic nitrogens is 1. The first-order chi connectivity index (χ1) is 11.1. The Balaban J connectivity index is 1.52. The summed E-state index contributed by atoms with van der Waals surface area (Å²) in [6.45, 7) is 7.60. The van der Waals surface area contributed by atoms with Gasteiger partial charge in [-0.2, -0.15) is 0 Å². The zero-order valence-corrected chi connectivity index (χ0v) is 13.8. The van der Waals surface area contributed by atoms with Gasteiger partial charge < -0.3 is 14.3 Å². The first kappa shape index (κ1) is 15.6. The van der Waals surface area contributed by atoms with E-state index >= 15 is 0 Å². The van der Waals surface area contributed by atoms with Gasteiger partial charge in [-0.15, -0.1) is 0 Å². The fraction of sp³-hybridized carbons (Fsp3) is 0.316. The van der Waals surface area contributed by atoms with E-state index in [1.165, 1.54) is 11.1 Å². The smallest absolute Gasteiger partial charge is 0.137 e. The van der Waals surface area contributed by atoms with Crippen LogP contribution in [0.2, 0.25) is 0 Å². The first-order valence-electron chi connectivity index (χ1n) is 7.91. The minimum atomic E-state index is 0.717. The number of benzene rings is 1. The number of nitrogens with one attached hydrogen (secondary N) is 1. The monoisotopic (exact) mass is 310 g/mol. The fourth-order valence-corrected chi connectivity index (χ4v) is 2.63. The summed E-state index contributed by atoms with van der Waals surface area (Å²) in [6.07, 6.45) is 0.909. The predicted molar refractivity (Wildman–Crippen MR) is 90.3 cm³/mol. The highest BCUT2D eigenvalue weighted by Gasteiger charge is 2.08. The van der Waals surface area contributed by atoms with Crippen LogP contribution in [0.4, 0.5) is 0 Å². The van der Waals surface area contributed by atoms with Gasteiger partial charge in [0.1, 0.15) is 17.3 Å². The molecule has 4 nitrogen and oxygen atoms in total. The van der Waals surface area contributed by atoms with Crippen molar-refractivity contribution in [2.24, 2.45) is 0 Å². The molecule has 120 valence electrons. The van der Waals surface area contributed by atoms with Crippen LogP contribution < -0.4 is 5.32 Å². The molecule has 23 heavy (non-hydrogen) atoms. The van der Waals surface area contributed by atoms with Crippen LogP contribution in [0, 0.1) is 20.8 Å². The molecular weight excluding hydrogens is 288 g/mol. The molecule has 0 saturated carbocycles. The van der Waals surface area contributed by atoms with Crippen molar-refractivity contribution < 1.29 is 8.94 Å². The lowest BCUT2D eigenvalue weighted by atomic mass is 10.1. The third-order valence-corrected chi connectivity index (χ3v) is 4.03. The SMILES string of the molecule is Cc1ccc(-c2ccc(CNCCc3c(C)noc3C)o2)cc1. The van der Waals surface area contributed by atoms with E-state index in [4.69, 9.17) is 8.94 Å². The lowest BCUT2D eigenvalue weighted by Gasteiger charge is -2.03. The number of furan rings is 1. The second-order valence-corrected chi connectivity index (χ2v) is 5.86. The van der Waals surface area contributed by atoms with Crippen molar-refractivity contribution in [3.8, 4) is 11.3 Å². The second kappa shape index (κ2) is 6.84. The van der Waals surface area contributed by atoms with Crippen molar-refractivity contribution in [2.45, 2.75) is 33.7 Å². The molecule has 0 aliphatic rings. The molecule has 1 N–H and O–H groups in total. The molecule has 0 spiro atoms. The van der Waals surface area contributed by atoms with Gasteiger partial charge in [-0.05, 0) is 45.9 Å². The Morgan fingerprint density at radius 2 is 1.78 bits per heavy atom. The summed E-state index contributed by atoms with van der Waals surface area (Å²) in [6, 6.07) is 12.4.